The lowest BCUT2D eigenvalue weighted by atomic mass is 9.37. The Balaban J connectivity index is 1.37. The van der Waals surface area contributed by atoms with E-state index < -0.39 is 46.1 Å². The second-order valence-electron chi connectivity index (χ2n) is 12.0. The molecular weight excluding hydrogens is 458 g/mol. The van der Waals surface area contributed by atoms with Crippen molar-refractivity contribution < 1.29 is 24.9 Å². The molecule has 4 aliphatic carbocycles. The van der Waals surface area contributed by atoms with E-state index in [1.165, 1.54) is 0 Å². The van der Waals surface area contributed by atoms with Gasteiger partial charge in [-0.25, -0.2) is 4.68 Å². The second-order valence-corrected chi connectivity index (χ2v) is 12.0. The number of carbonyl (C=O) groups is 1. The number of aliphatic hydroxyl groups excluding tert-OH is 2. The van der Waals surface area contributed by atoms with Crippen LogP contribution in [0.1, 0.15) is 32.7 Å². The summed E-state index contributed by atoms with van der Waals surface area (Å²) in [6.07, 6.45) is 4.80. The highest BCUT2D eigenvalue weighted by molar-refractivity contribution is 6.05. The Morgan fingerprint density at radius 2 is 1.89 bits per heavy atom. The van der Waals surface area contributed by atoms with Crippen LogP contribution < -0.4 is 0 Å². The van der Waals surface area contributed by atoms with E-state index in [1.807, 2.05) is 41.2 Å². The monoisotopic (exact) mass is 489 g/mol. The summed E-state index contributed by atoms with van der Waals surface area (Å²) in [4.78, 5) is 13.7. The van der Waals surface area contributed by atoms with Gasteiger partial charge in [0.05, 0.1) is 24.9 Å². The number of benzene rings is 1. The molecule has 2 spiro atoms. The molecule has 6 aliphatic rings. The molecule has 36 heavy (non-hydrogen) atoms. The third kappa shape index (κ3) is 2.25. The standard InChI is InChI=1S/C28H31N3O5/c1-15-17-9-10-19-26-12-11-20(31-13-18(29-30-31)16-7-5-4-6-8-16)25(2,3)21(26)24(34)28(35,36-14-26)27(19,22(15)32)23(17)33/h4-8,11-13,17,19-21,23-24,33-35H,1,9-10,14H2,2-3H3/t17-,19-,20+,21+,23+,24-,26+,27-,28+/m0/s1. The quantitative estimate of drug-likeness (QED) is 0.438. The Hall–Kier alpha value is -2.65. The Bertz CT molecular complexity index is 1320. The number of ether oxygens (including phenoxy) is 1. The smallest absolute Gasteiger partial charge is 0.208 e. The molecule has 8 heteroatoms. The van der Waals surface area contributed by atoms with Crippen molar-refractivity contribution in [2.75, 3.05) is 6.61 Å². The van der Waals surface area contributed by atoms with Gasteiger partial charge in [0.25, 0.3) is 0 Å². The van der Waals surface area contributed by atoms with Crippen LogP contribution in [0.25, 0.3) is 11.3 Å². The summed E-state index contributed by atoms with van der Waals surface area (Å²) < 4.78 is 7.83. The first-order valence-corrected chi connectivity index (χ1v) is 12.7. The van der Waals surface area contributed by atoms with Crippen molar-refractivity contribution in [3.05, 3.63) is 60.8 Å². The van der Waals surface area contributed by atoms with E-state index in [2.05, 4.69) is 42.9 Å². The maximum Gasteiger partial charge on any atom is 0.208 e. The zero-order valence-electron chi connectivity index (χ0n) is 20.4. The number of Topliss-reactive ketones (excluding diaryl/α,β-unsaturated/α-hetero) is 1. The lowest BCUT2D eigenvalue weighted by Crippen LogP contribution is -2.83. The minimum Gasteiger partial charge on any atom is -0.391 e. The number of carbonyl (C=O) groups excluding carboxylic acids is 1. The van der Waals surface area contributed by atoms with E-state index in [9.17, 15) is 20.1 Å². The first kappa shape index (κ1) is 22.5. The van der Waals surface area contributed by atoms with E-state index in [0.717, 1.165) is 11.3 Å². The van der Waals surface area contributed by atoms with E-state index >= 15 is 0 Å². The third-order valence-corrected chi connectivity index (χ3v) is 10.4. The fourth-order valence-electron chi connectivity index (χ4n) is 8.93. The molecule has 3 heterocycles. The van der Waals surface area contributed by atoms with Crippen LogP contribution >= 0.6 is 0 Å². The molecule has 9 atom stereocenters. The molecule has 3 saturated carbocycles. The Kier molecular flexibility index (Phi) is 4.26. The van der Waals surface area contributed by atoms with Gasteiger partial charge in [0.2, 0.25) is 5.79 Å². The summed E-state index contributed by atoms with van der Waals surface area (Å²) in [5.41, 5.74) is -0.868. The molecule has 3 N–H and O–H groups in total. The van der Waals surface area contributed by atoms with Gasteiger partial charge in [0.1, 0.15) is 17.2 Å². The number of allylic oxidation sites excluding steroid dienone is 1. The van der Waals surface area contributed by atoms with Crippen molar-refractivity contribution in [2.45, 2.75) is 50.7 Å². The Labute approximate surface area is 209 Å². The summed E-state index contributed by atoms with van der Waals surface area (Å²) in [6.45, 7) is 8.27. The molecule has 0 unspecified atom stereocenters. The van der Waals surface area contributed by atoms with Crippen molar-refractivity contribution in [3.8, 4) is 11.3 Å². The molecule has 2 aromatic rings. The maximum absolute atomic E-state index is 13.7. The average molecular weight is 490 g/mol. The number of aromatic nitrogens is 3. The van der Waals surface area contributed by atoms with Crippen molar-refractivity contribution in [1.29, 1.82) is 0 Å². The third-order valence-electron chi connectivity index (χ3n) is 10.4. The van der Waals surface area contributed by atoms with Crippen molar-refractivity contribution >= 4 is 5.78 Å². The summed E-state index contributed by atoms with van der Waals surface area (Å²) in [5, 5.41) is 44.1. The topological polar surface area (TPSA) is 118 Å². The van der Waals surface area contributed by atoms with Gasteiger partial charge in [-0.3, -0.25) is 4.79 Å². The molecule has 1 aromatic carbocycles. The molecule has 8 rings (SSSR count). The van der Waals surface area contributed by atoms with Crippen LogP contribution in [0.4, 0.5) is 0 Å². The molecule has 188 valence electrons. The highest BCUT2D eigenvalue weighted by atomic mass is 16.6. The molecule has 0 radical (unpaired) electrons. The van der Waals surface area contributed by atoms with Crippen molar-refractivity contribution in [2.24, 2.45) is 34.0 Å². The van der Waals surface area contributed by atoms with Gasteiger partial charge in [-0.2, -0.15) is 0 Å². The number of aliphatic hydroxyl groups is 3. The first-order chi connectivity index (χ1) is 17.1. The zero-order chi connectivity index (χ0) is 25.3. The molecule has 8 nitrogen and oxygen atoms in total. The summed E-state index contributed by atoms with van der Waals surface area (Å²) in [7, 11) is 0. The van der Waals surface area contributed by atoms with Crippen LogP contribution in [0, 0.1) is 34.0 Å². The van der Waals surface area contributed by atoms with Gasteiger partial charge in [-0.05, 0) is 29.7 Å². The van der Waals surface area contributed by atoms with Crippen LogP contribution in [-0.2, 0) is 9.53 Å². The lowest BCUT2D eigenvalue weighted by Gasteiger charge is -2.73. The summed E-state index contributed by atoms with van der Waals surface area (Å²) >= 11 is 0. The highest BCUT2D eigenvalue weighted by Crippen LogP contribution is 2.76. The average Bonchev–Trinajstić information content (AvgIpc) is 3.37. The van der Waals surface area contributed by atoms with Crippen LogP contribution in [0.5, 0.6) is 0 Å². The maximum atomic E-state index is 13.7. The van der Waals surface area contributed by atoms with E-state index in [0.29, 0.717) is 18.4 Å². The predicted molar refractivity (Wildman–Crippen MR) is 129 cm³/mol. The van der Waals surface area contributed by atoms with Gasteiger partial charge in [0, 0.05) is 22.8 Å². The predicted octanol–water partition coefficient (Wildman–Crippen LogP) is 2.29. The Morgan fingerprint density at radius 1 is 1.14 bits per heavy atom. The summed E-state index contributed by atoms with van der Waals surface area (Å²) in [6, 6.07) is 9.58. The normalized spacial score (nSPS) is 46.0. The second kappa shape index (κ2) is 6.81. The molecule has 1 aromatic heterocycles. The van der Waals surface area contributed by atoms with Gasteiger partial charge in [-0.1, -0.05) is 68.1 Å². The molecular formula is C28H31N3O5. The number of rotatable bonds is 2. The Morgan fingerprint density at radius 3 is 2.64 bits per heavy atom. The lowest BCUT2D eigenvalue weighted by molar-refractivity contribution is -0.437. The van der Waals surface area contributed by atoms with Crippen LogP contribution in [-0.4, -0.2) is 60.7 Å². The van der Waals surface area contributed by atoms with Crippen LogP contribution in [0.3, 0.4) is 0 Å². The number of fused-ring (bicyclic) bond motifs is 2. The van der Waals surface area contributed by atoms with E-state index in [-0.39, 0.29) is 24.3 Å². The number of hydrogen-bond acceptors (Lipinski definition) is 7. The molecule has 5 fully saturated rings. The number of nitrogens with zero attached hydrogens (tertiary/aromatic N) is 3. The van der Waals surface area contributed by atoms with Crippen LogP contribution in [0.2, 0.25) is 0 Å². The fourth-order valence-corrected chi connectivity index (χ4v) is 8.93. The van der Waals surface area contributed by atoms with Gasteiger partial charge >= 0.3 is 0 Å². The first-order valence-electron chi connectivity index (χ1n) is 12.7. The van der Waals surface area contributed by atoms with E-state index in [4.69, 9.17) is 4.74 Å². The SMILES string of the molecule is C=C1C(=O)[C@]23[C@H](O)[C@H]1CC[C@H]2[C@]12C=C[C@@H](n4cc(-c5ccccc5)nn4)C(C)(C)[C@H]1[C@H](O)[C@@]3(O)OC2. The summed E-state index contributed by atoms with van der Waals surface area (Å²) in [5.74, 6) is -3.78. The molecule has 2 aliphatic heterocycles. The van der Waals surface area contributed by atoms with Crippen molar-refractivity contribution in [3.63, 3.8) is 0 Å². The largest absolute Gasteiger partial charge is 0.391 e. The molecule has 2 saturated heterocycles. The number of ketones is 1. The number of hydrogen-bond donors (Lipinski definition) is 3. The van der Waals surface area contributed by atoms with Crippen molar-refractivity contribution in [1.82, 2.24) is 15.0 Å². The van der Waals surface area contributed by atoms with Gasteiger partial charge in [-0.15, -0.1) is 5.10 Å². The minimum absolute atomic E-state index is 0.175. The van der Waals surface area contributed by atoms with Crippen LogP contribution in [0.15, 0.2) is 60.8 Å². The minimum atomic E-state index is -2.19. The zero-order valence-corrected chi connectivity index (χ0v) is 20.4. The van der Waals surface area contributed by atoms with E-state index in [1.54, 1.807) is 0 Å². The van der Waals surface area contributed by atoms with Gasteiger partial charge < -0.3 is 20.1 Å². The fraction of sp³-hybridized carbons (Fsp3) is 0.536. The molecule has 4 bridgehead atoms. The van der Waals surface area contributed by atoms with Gasteiger partial charge in [0.15, 0.2) is 5.78 Å². The molecule has 0 amide bonds. The highest BCUT2D eigenvalue weighted by Gasteiger charge is 2.85.